The number of piperidine rings is 1. The van der Waals surface area contributed by atoms with Crippen molar-refractivity contribution in [1.82, 2.24) is 19.9 Å². The minimum atomic E-state index is -2.93. The summed E-state index contributed by atoms with van der Waals surface area (Å²) in [4.78, 5) is 28.6. The zero-order valence-corrected chi connectivity index (χ0v) is 15.1. The van der Waals surface area contributed by atoms with Crippen molar-refractivity contribution in [2.24, 2.45) is 5.73 Å². The van der Waals surface area contributed by atoms with Crippen molar-refractivity contribution in [1.29, 1.82) is 0 Å². The first-order valence-corrected chi connectivity index (χ1v) is 9.13. The fraction of sp³-hybridized carbons (Fsp3) is 0.750. The molecule has 1 aromatic heterocycles. The molecule has 3 aliphatic rings. The van der Waals surface area contributed by atoms with Crippen LogP contribution in [0, 0.1) is 0 Å². The second-order valence-corrected chi connectivity index (χ2v) is 7.63. The van der Waals surface area contributed by atoms with Gasteiger partial charge in [-0.15, -0.1) is 0 Å². The Morgan fingerprint density at radius 2 is 1.68 bits per heavy atom. The Labute approximate surface area is 158 Å². The van der Waals surface area contributed by atoms with Crippen LogP contribution in [0.25, 0.3) is 0 Å². The van der Waals surface area contributed by atoms with Crippen LogP contribution < -0.4 is 15.5 Å². The molecule has 0 radical (unpaired) electrons. The third kappa shape index (κ3) is 3.69. The van der Waals surface area contributed by atoms with Gasteiger partial charge < -0.3 is 20.4 Å². The summed E-state index contributed by atoms with van der Waals surface area (Å²) in [7, 11) is 0. The number of amides is 1. The third-order valence-corrected chi connectivity index (χ3v) is 5.44. The number of anilines is 2. The minimum absolute atomic E-state index is 0.135. The number of carbonyl (C=O) groups is 1. The molecule has 3 saturated heterocycles. The fourth-order valence-electron chi connectivity index (χ4n) is 3.95. The maximum Gasteiger partial charge on any atom is 0.267 e. The van der Waals surface area contributed by atoms with Crippen LogP contribution in [0.3, 0.4) is 0 Å². The highest BCUT2D eigenvalue weighted by Crippen LogP contribution is 2.32. The molecule has 0 spiro atoms. The molecule has 1 unspecified atom stereocenters. The van der Waals surface area contributed by atoms with E-state index in [0.29, 0.717) is 0 Å². The Kier molecular flexibility index (Phi) is 4.55. The largest absolute Gasteiger partial charge is 0.337 e. The molecule has 28 heavy (non-hydrogen) atoms. The number of halogens is 4. The summed E-state index contributed by atoms with van der Waals surface area (Å²) in [6, 6.07) is -1.14. The van der Waals surface area contributed by atoms with Gasteiger partial charge in [-0.1, -0.05) is 0 Å². The molecule has 12 heteroatoms. The number of carbonyl (C=O) groups excluding carboxylic acids is 1. The quantitative estimate of drug-likeness (QED) is 0.735. The van der Waals surface area contributed by atoms with E-state index in [1.807, 2.05) is 0 Å². The standard InChI is InChI=1S/C16H21F4N7O/c17-15(18)2-1-12(28)27(8-15)11-6-26(5-10(11)21)14-23-9-22-13(24-14)25-4-3-16(19,20)7-25/h9-11H,1-8,21H2/t10-,11?/m0/s1. The van der Waals surface area contributed by atoms with Gasteiger partial charge >= 0.3 is 0 Å². The third-order valence-electron chi connectivity index (χ3n) is 5.44. The van der Waals surface area contributed by atoms with Gasteiger partial charge in [0.15, 0.2) is 0 Å². The number of hydrogen-bond acceptors (Lipinski definition) is 7. The van der Waals surface area contributed by atoms with Crippen LogP contribution in [-0.4, -0.2) is 82.4 Å². The van der Waals surface area contributed by atoms with Crippen LogP contribution in [0.15, 0.2) is 6.33 Å². The number of aromatic nitrogens is 3. The van der Waals surface area contributed by atoms with Crippen LogP contribution in [0.2, 0.25) is 0 Å². The normalized spacial score (nSPS) is 29.6. The molecule has 154 valence electrons. The van der Waals surface area contributed by atoms with E-state index in [9.17, 15) is 22.4 Å². The van der Waals surface area contributed by atoms with Crippen LogP contribution >= 0.6 is 0 Å². The lowest BCUT2D eigenvalue weighted by atomic mass is 10.0. The predicted octanol–water partition coefficient (Wildman–Crippen LogP) is 0.491. The molecule has 2 atom stereocenters. The summed E-state index contributed by atoms with van der Waals surface area (Å²) in [5.41, 5.74) is 6.12. The van der Waals surface area contributed by atoms with Crippen molar-refractivity contribution in [2.75, 3.05) is 42.5 Å². The number of likely N-dealkylation sites (tertiary alicyclic amines) is 1. The van der Waals surface area contributed by atoms with E-state index < -0.39 is 43.4 Å². The van der Waals surface area contributed by atoms with Crippen molar-refractivity contribution >= 4 is 17.8 Å². The molecule has 2 N–H and O–H groups in total. The molecule has 1 aromatic rings. The first kappa shape index (κ1) is 19.1. The van der Waals surface area contributed by atoms with Gasteiger partial charge in [-0.3, -0.25) is 4.79 Å². The van der Waals surface area contributed by atoms with E-state index in [0.717, 1.165) is 4.90 Å². The molecular weight excluding hydrogens is 382 g/mol. The van der Waals surface area contributed by atoms with E-state index in [2.05, 4.69) is 15.0 Å². The van der Waals surface area contributed by atoms with E-state index in [-0.39, 0.29) is 50.3 Å². The molecule has 3 aliphatic heterocycles. The molecule has 4 heterocycles. The molecule has 8 nitrogen and oxygen atoms in total. The lowest BCUT2D eigenvalue weighted by Gasteiger charge is -2.37. The lowest BCUT2D eigenvalue weighted by Crippen LogP contribution is -2.56. The van der Waals surface area contributed by atoms with Crippen LogP contribution in [0.5, 0.6) is 0 Å². The number of alkyl halides is 4. The minimum Gasteiger partial charge on any atom is -0.337 e. The smallest absolute Gasteiger partial charge is 0.267 e. The average molecular weight is 403 g/mol. The zero-order chi connectivity index (χ0) is 20.1. The van der Waals surface area contributed by atoms with Crippen LogP contribution in [0.1, 0.15) is 19.3 Å². The second kappa shape index (κ2) is 6.68. The molecule has 0 bridgehead atoms. The van der Waals surface area contributed by atoms with Crippen LogP contribution in [0.4, 0.5) is 29.5 Å². The lowest BCUT2D eigenvalue weighted by molar-refractivity contribution is -0.150. The van der Waals surface area contributed by atoms with Crippen LogP contribution in [-0.2, 0) is 4.79 Å². The second-order valence-electron chi connectivity index (χ2n) is 7.63. The van der Waals surface area contributed by atoms with Gasteiger partial charge in [-0.2, -0.15) is 4.98 Å². The van der Waals surface area contributed by atoms with Gasteiger partial charge in [0.25, 0.3) is 11.8 Å². The highest BCUT2D eigenvalue weighted by atomic mass is 19.3. The van der Waals surface area contributed by atoms with Gasteiger partial charge in [0.1, 0.15) is 6.33 Å². The molecule has 3 fully saturated rings. The fourth-order valence-corrected chi connectivity index (χ4v) is 3.95. The maximum atomic E-state index is 13.8. The summed E-state index contributed by atoms with van der Waals surface area (Å²) >= 11 is 0. The average Bonchev–Trinajstić information content (AvgIpc) is 3.20. The van der Waals surface area contributed by atoms with Crippen molar-refractivity contribution in [3.05, 3.63) is 6.33 Å². The summed E-state index contributed by atoms with van der Waals surface area (Å²) in [5, 5.41) is 0. The van der Waals surface area contributed by atoms with Crippen molar-refractivity contribution in [3.8, 4) is 0 Å². The van der Waals surface area contributed by atoms with Crippen molar-refractivity contribution in [3.63, 3.8) is 0 Å². The number of rotatable bonds is 3. The van der Waals surface area contributed by atoms with Gasteiger partial charge in [-0.25, -0.2) is 27.5 Å². The Hall–Kier alpha value is -2.24. The first-order chi connectivity index (χ1) is 13.1. The molecule has 0 aromatic carbocycles. The van der Waals surface area contributed by atoms with Gasteiger partial charge in [-0.05, 0) is 0 Å². The number of hydrogen-bond donors (Lipinski definition) is 1. The van der Waals surface area contributed by atoms with Gasteiger partial charge in [0.05, 0.1) is 19.1 Å². The Balaban J connectivity index is 1.49. The zero-order valence-electron chi connectivity index (χ0n) is 15.1. The highest BCUT2D eigenvalue weighted by Gasteiger charge is 2.46. The first-order valence-electron chi connectivity index (χ1n) is 9.13. The van der Waals surface area contributed by atoms with Crippen molar-refractivity contribution < 1.29 is 22.4 Å². The number of nitrogens with zero attached hydrogens (tertiary/aromatic N) is 6. The Morgan fingerprint density at radius 3 is 2.36 bits per heavy atom. The molecule has 0 aliphatic carbocycles. The Bertz CT molecular complexity index is 764. The highest BCUT2D eigenvalue weighted by molar-refractivity contribution is 5.78. The van der Waals surface area contributed by atoms with Gasteiger partial charge in [0, 0.05) is 44.9 Å². The van der Waals surface area contributed by atoms with Gasteiger partial charge in [0.2, 0.25) is 17.8 Å². The molecule has 1 amide bonds. The monoisotopic (exact) mass is 403 g/mol. The summed E-state index contributed by atoms with van der Waals surface area (Å²) < 4.78 is 54.4. The number of nitrogens with two attached hydrogens (primary N) is 1. The summed E-state index contributed by atoms with van der Waals surface area (Å²) in [5.74, 6) is -5.69. The van der Waals surface area contributed by atoms with E-state index in [1.165, 1.54) is 11.2 Å². The van der Waals surface area contributed by atoms with E-state index in [1.54, 1.807) is 4.90 Å². The topological polar surface area (TPSA) is 91.5 Å². The SMILES string of the molecule is N[C@H]1CN(c2ncnc(N3CCC(F)(F)C3)n2)CC1N1CC(F)(F)CCC1=O. The molecule has 0 saturated carbocycles. The summed E-state index contributed by atoms with van der Waals surface area (Å²) in [6.07, 6.45) is 0.295. The summed E-state index contributed by atoms with van der Waals surface area (Å²) in [6.45, 7) is -0.516. The molecular formula is C16H21F4N7O. The van der Waals surface area contributed by atoms with Crippen molar-refractivity contribution in [2.45, 2.75) is 43.2 Å². The van der Waals surface area contributed by atoms with E-state index >= 15 is 0 Å². The van der Waals surface area contributed by atoms with E-state index in [4.69, 9.17) is 5.73 Å². The predicted molar refractivity (Wildman–Crippen MR) is 91.5 cm³/mol. The maximum absolute atomic E-state index is 13.8. The Morgan fingerprint density at radius 1 is 1.00 bits per heavy atom. The molecule has 4 rings (SSSR count).